The van der Waals surface area contributed by atoms with Crippen LogP contribution < -0.4 is 33.2 Å². The Kier molecular flexibility index (Phi) is 18.4. The summed E-state index contributed by atoms with van der Waals surface area (Å²) in [6.07, 6.45) is 2.73. The number of benzene rings is 1. The second-order valence-corrected chi connectivity index (χ2v) is 10.8. The predicted octanol–water partition coefficient (Wildman–Crippen LogP) is 1.85. The van der Waals surface area contributed by atoms with Crippen molar-refractivity contribution in [1.82, 2.24) is 20.2 Å². The number of nitrogens with one attached hydrogen (secondary N) is 3. The van der Waals surface area contributed by atoms with Crippen molar-refractivity contribution in [3.05, 3.63) is 60.4 Å². The van der Waals surface area contributed by atoms with Gasteiger partial charge in [-0.2, -0.15) is 0 Å². The number of nitrogens with zero attached hydrogens (tertiary/aromatic N) is 3. The van der Waals surface area contributed by atoms with Crippen LogP contribution in [0.4, 0.5) is 5.69 Å². The average molecular weight is 694 g/mol. The molecule has 0 spiro atoms. The first-order valence-corrected chi connectivity index (χ1v) is 15.7. The van der Waals surface area contributed by atoms with Crippen molar-refractivity contribution in [1.29, 1.82) is 0 Å². The third-order valence-corrected chi connectivity index (χ3v) is 7.03. The summed E-state index contributed by atoms with van der Waals surface area (Å²) in [5.74, 6) is -3.88. The lowest BCUT2D eigenvalue weighted by molar-refractivity contribution is -0.137. The zero-order valence-corrected chi connectivity index (χ0v) is 28.7. The van der Waals surface area contributed by atoms with Crippen LogP contribution in [-0.2, 0) is 24.0 Å². The van der Waals surface area contributed by atoms with Gasteiger partial charge in [0.25, 0.3) is 5.91 Å². The van der Waals surface area contributed by atoms with Crippen LogP contribution in [0.1, 0.15) is 63.0 Å². The molecule has 270 valence electrons. The maximum absolute atomic E-state index is 14.2. The molecule has 3 rings (SSSR count). The lowest BCUT2D eigenvalue weighted by Crippen LogP contribution is -2.46. The van der Waals surface area contributed by atoms with Gasteiger partial charge in [0, 0.05) is 32.1 Å². The minimum atomic E-state index is -1.31. The van der Waals surface area contributed by atoms with Crippen LogP contribution in [0.15, 0.2) is 59.7 Å². The number of aliphatic carboxylic acids is 1. The van der Waals surface area contributed by atoms with Gasteiger partial charge < -0.3 is 47.6 Å². The van der Waals surface area contributed by atoms with Crippen LogP contribution in [0, 0.1) is 0 Å². The van der Waals surface area contributed by atoms with Crippen molar-refractivity contribution < 1.29 is 33.9 Å². The molecule has 0 aliphatic heterocycles. The minimum Gasteiger partial charge on any atom is -0.481 e. The van der Waals surface area contributed by atoms with E-state index in [4.69, 9.17) is 16.3 Å². The molecule has 10 N–H and O–H groups in total. The first-order valence-electron chi connectivity index (χ1n) is 15.7. The highest BCUT2D eigenvalue weighted by Crippen LogP contribution is 2.44. The van der Waals surface area contributed by atoms with Crippen LogP contribution in [0.5, 0.6) is 0 Å². The molecular formula is C34H47N9O7. The third-order valence-electron chi connectivity index (χ3n) is 7.03. The predicted molar refractivity (Wildman–Crippen MR) is 191 cm³/mol. The van der Waals surface area contributed by atoms with E-state index in [1.165, 1.54) is 14.0 Å². The Bertz CT molecular complexity index is 1590. The van der Waals surface area contributed by atoms with Crippen molar-refractivity contribution in [2.45, 2.75) is 64.6 Å². The zero-order valence-electron chi connectivity index (χ0n) is 28.7. The fourth-order valence-corrected chi connectivity index (χ4v) is 5.06. The fraction of sp³-hybridized carbons (Fsp3) is 0.353. The quantitative estimate of drug-likeness (QED) is 0.0650. The SMILES string of the molecule is C=O.CC(=O)NC(CCCN=CN)C(=O)Nc1c(-c2ccccn2)c(-c2ccccc2)n(C(C)C)c1C(=O)NC(CCC(=O)O)C(N)=O.CN. The number of amides is 4. The monoisotopic (exact) mass is 693 g/mol. The molecule has 3 aromatic rings. The molecular weight excluding hydrogens is 646 g/mol. The number of carbonyl (C=O) groups excluding carboxylic acids is 5. The summed E-state index contributed by atoms with van der Waals surface area (Å²) in [5, 5.41) is 17.3. The molecule has 4 amide bonds. The Hall–Kier alpha value is -5.90. The van der Waals surface area contributed by atoms with Gasteiger partial charge in [-0.15, -0.1) is 0 Å². The minimum absolute atomic E-state index is 0.0151. The van der Waals surface area contributed by atoms with E-state index in [9.17, 15) is 29.1 Å². The molecule has 0 aliphatic rings. The fourth-order valence-electron chi connectivity index (χ4n) is 5.06. The molecule has 16 nitrogen and oxygen atoms in total. The number of aromatic nitrogens is 2. The number of anilines is 1. The number of rotatable bonds is 16. The number of nitrogens with two attached hydrogens (primary N) is 3. The van der Waals surface area contributed by atoms with E-state index in [-0.39, 0.29) is 30.3 Å². The highest BCUT2D eigenvalue weighted by atomic mass is 16.4. The lowest BCUT2D eigenvalue weighted by Gasteiger charge is -2.21. The van der Waals surface area contributed by atoms with Gasteiger partial charge in [0.05, 0.1) is 29.0 Å². The summed E-state index contributed by atoms with van der Waals surface area (Å²) < 4.78 is 1.73. The van der Waals surface area contributed by atoms with Crippen LogP contribution >= 0.6 is 0 Å². The molecule has 2 unspecified atom stereocenters. The average Bonchev–Trinajstić information content (AvgIpc) is 3.45. The standard InChI is InChI=1S/C32H40N8O6.CH5N.CH2O/c1-19(2)40-28(21-10-5-4-6-11-21)26(22-12-7-8-17-36-22)27(29(40)32(46)38-23(30(34)44)14-15-25(42)43)39-31(45)24(37-20(3)41)13-9-16-35-18-33;2*1-2/h4-8,10-12,17-19,23-24H,9,13-16H2,1-3H3,(H2,33,35)(H2,34,44)(H,37,41)(H,38,46)(H,39,45)(H,42,43);2H2,1H3;1H2. The molecule has 0 fully saturated rings. The van der Waals surface area contributed by atoms with E-state index >= 15 is 0 Å². The van der Waals surface area contributed by atoms with Gasteiger partial charge in [0.15, 0.2) is 0 Å². The zero-order chi connectivity index (χ0) is 37.8. The number of aliphatic imine (C=N–C) groups is 1. The first-order chi connectivity index (χ1) is 24.0. The Morgan fingerprint density at radius 2 is 1.62 bits per heavy atom. The molecule has 2 aromatic heterocycles. The Labute approximate surface area is 290 Å². The van der Waals surface area contributed by atoms with Crippen molar-refractivity contribution in [3.63, 3.8) is 0 Å². The summed E-state index contributed by atoms with van der Waals surface area (Å²) in [6.45, 7) is 7.33. The van der Waals surface area contributed by atoms with Crippen LogP contribution in [0.2, 0.25) is 0 Å². The van der Waals surface area contributed by atoms with Crippen molar-refractivity contribution in [3.8, 4) is 22.5 Å². The molecule has 0 saturated carbocycles. The van der Waals surface area contributed by atoms with Crippen molar-refractivity contribution in [2.75, 3.05) is 18.9 Å². The first kappa shape index (κ1) is 42.1. The molecule has 0 aliphatic carbocycles. The number of primary amides is 1. The topological polar surface area (TPSA) is 267 Å². The molecule has 0 saturated heterocycles. The van der Waals surface area contributed by atoms with Crippen molar-refractivity contribution >= 4 is 48.4 Å². The smallest absolute Gasteiger partial charge is 0.303 e. The lowest BCUT2D eigenvalue weighted by atomic mass is 10.0. The number of carboxylic acid groups (broad SMARTS) is 1. The van der Waals surface area contributed by atoms with Crippen LogP contribution in [0.25, 0.3) is 22.5 Å². The molecule has 2 atom stereocenters. The normalized spacial score (nSPS) is 11.6. The largest absolute Gasteiger partial charge is 0.481 e. The maximum atomic E-state index is 14.2. The van der Waals surface area contributed by atoms with Gasteiger partial charge in [-0.3, -0.25) is 33.9 Å². The molecule has 0 bridgehead atoms. The van der Waals surface area contributed by atoms with Crippen molar-refractivity contribution in [2.24, 2.45) is 22.2 Å². The van der Waals surface area contributed by atoms with E-state index in [2.05, 4.69) is 31.7 Å². The van der Waals surface area contributed by atoms with E-state index in [0.29, 0.717) is 35.5 Å². The summed E-state index contributed by atoms with van der Waals surface area (Å²) >= 11 is 0. The summed E-state index contributed by atoms with van der Waals surface area (Å²) in [4.78, 5) is 80.2. The number of carbonyl (C=O) groups is 6. The van der Waals surface area contributed by atoms with E-state index < -0.39 is 48.1 Å². The maximum Gasteiger partial charge on any atom is 0.303 e. The van der Waals surface area contributed by atoms with E-state index in [1.807, 2.05) is 51.0 Å². The summed E-state index contributed by atoms with van der Waals surface area (Å²) in [7, 11) is 1.50. The van der Waals surface area contributed by atoms with Gasteiger partial charge in [0.2, 0.25) is 17.7 Å². The van der Waals surface area contributed by atoms with Gasteiger partial charge in [0.1, 0.15) is 24.6 Å². The molecule has 16 heteroatoms. The van der Waals surface area contributed by atoms with E-state index in [1.54, 1.807) is 29.0 Å². The van der Waals surface area contributed by atoms with Gasteiger partial charge in [-0.1, -0.05) is 36.4 Å². The highest BCUT2D eigenvalue weighted by Gasteiger charge is 2.34. The number of carboxylic acids is 1. The second kappa shape index (κ2) is 21.9. The number of hydrogen-bond donors (Lipinski definition) is 7. The van der Waals surface area contributed by atoms with Gasteiger partial charge in [-0.05, 0) is 57.9 Å². The number of hydrogen-bond acceptors (Lipinski definition) is 9. The Morgan fingerprint density at radius 3 is 2.14 bits per heavy atom. The number of pyridine rings is 1. The van der Waals surface area contributed by atoms with Gasteiger partial charge >= 0.3 is 5.97 Å². The summed E-state index contributed by atoms with van der Waals surface area (Å²) in [6, 6.07) is 11.8. The third kappa shape index (κ3) is 12.0. The molecule has 50 heavy (non-hydrogen) atoms. The summed E-state index contributed by atoms with van der Waals surface area (Å²) in [5.41, 5.74) is 17.6. The molecule has 2 heterocycles. The Balaban J connectivity index is 0.00000301. The second-order valence-electron chi connectivity index (χ2n) is 10.8. The van der Waals surface area contributed by atoms with Gasteiger partial charge in [-0.25, -0.2) is 0 Å². The highest BCUT2D eigenvalue weighted by molar-refractivity contribution is 6.12. The molecule has 0 radical (unpaired) electrons. The molecule has 1 aromatic carbocycles. The van der Waals surface area contributed by atoms with Crippen LogP contribution in [-0.4, -0.2) is 83.1 Å². The van der Waals surface area contributed by atoms with Crippen LogP contribution in [0.3, 0.4) is 0 Å². The Morgan fingerprint density at radius 1 is 0.980 bits per heavy atom. The van der Waals surface area contributed by atoms with E-state index in [0.717, 1.165) is 6.34 Å².